The Hall–Kier alpha value is -1.20. The molecule has 9 heteroatoms. The molecule has 1 aliphatic carbocycles. The number of carbonyl (C=O) groups excluding carboxylic acids is 1. The lowest BCUT2D eigenvalue weighted by atomic mass is 9.95. The van der Waals surface area contributed by atoms with Crippen LogP contribution in [-0.4, -0.2) is 59.4 Å². The molecule has 1 saturated carbocycles. The van der Waals surface area contributed by atoms with Crippen molar-refractivity contribution in [2.45, 2.75) is 69.4 Å². The number of nitrogens with zero attached hydrogens (tertiary/aromatic N) is 1. The van der Waals surface area contributed by atoms with E-state index in [1.54, 1.807) is 7.05 Å². The average molecular weight is 577 g/mol. The van der Waals surface area contributed by atoms with E-state index in [-0.39, 0.29) is 47.3 Å². The van der Waals surface area contributed by atoms with Crippen molar-refractivity contribution in [1.82, 2.24) is 16.0 Å². The van der Waals surface area contributed by atoms with E-state index in [4.69, 9.17) is 4.74 Å². The van der Waals surface area contributed by atoms with E-state index in [2.05, 4.69) is 20.9 Å². The fraction of sp³-hybridized carbons (Fsp3) is 0.652. The third kappa shape index (κ3) is 8.30. The van der Waals surface area contributed by atoms with Gasteiger partial charge >= 0.3 is 0 Å². The molecule has 2 fully saturated rings. The van der Waals surface area contributed by atoms with Crippen molar-refractivity contribution in [2.75, 3.05) is 26.0 Å². The van der Waals surface area contributed by atoms with Gasteiger partial charge in [0.2, 0.25) is 0 Å². The quantitative estimate of drug-likeness (QED) is 0.252. The number of benzene rings is 1. The van der Waals surface area contributed by atoms with Gasteiger partial charge in [-0.05, 0) is 49.8 Å². The Kier molecular flexibility index (Phi) is 12.0. The number of guanidine groups is 1. The summed E-state index contributed by atoms with van der Waals surface area (Å²) in [6, 6.07) is 7.93. The number of carbonyl (C=O) groups is 1. The Morgan fingerprint density at radius 2 is 2.06 bits per heavy atom. The normalized spacial score (nSPS) is 24.3. The van der Waals surface area contributed by atoms with E-state index >= 15 is 0 Å². The van der Waals surface area contributed by atoms with Crippen molar-refractivity contribution < 1.29 is 13.7 Å². The van der Waals surface area contributed by atoms with Gasteiger partial charge in [0, 0.05) is 60.2 Å². The van der Waals surface area contributed by atoms with Gasteiger partial charge in [-0.25, -0.2) is 0 Å². The van der Waals surface area contributed by atoms with Gasteiger partial charge < -0.3 is 20.7 Å². The minimum Gasteiger partial charge on any atom is -0.376 e. The molecule has 7 nitrogen and oxygen atoms in total. The first-order valence-corrected chi connectivity index (χ1v) is 12.8. The first-order valence-electron chi connectivity index (χ1n) is 11.4. The van der Waals surface area contributed by atoms with Crippen molar-refractivity contribution in [3.8, 4) is 0 Å². The summed E-state index contributed by atoms with van der Waals surface area (Å²) in [7, 11) is 1.02. The molecular weight excluding hydrogens is 539 g/mol. The van der Waals surface area contributed by atoms with Gasteiger partial charge in [-0.1, -0.05) is 25.5 Å². The number of rotatable bonds is 8. The number of hydrogen-bond acceptors (Lipinski definition) is 4. The van der Waals surface area contributed by atoms with Crippen LogP contribution in [0.1, 0.15) is 61.4 Å². The zero-order valence-corrected chi connectivity index (χ0v) is 22.2. The fourth-order valence-corrected chi connectivity index (χ4v) is 5.61. The lowest BCUT2D eigenvalue weighted by molar-refractivity contribution is 0.0857. The number of nitrogens with one attached hydrogen (secondary N) is 3. The first kappa shape index (κ1) is 27.0. The van der Waals surface area contributed by atoms with Gasteiger partial charge in [0.25, 0.3) is 5.91 Å². The molecular formula is C23H37IN4O3S. The number of aliphatic imine (C=N–C) groups is 1. The molecule has 4 unspecified atom stereocenters. The highest BCUT2D eigenvalue weighted by atomic mass is 127. The van der Waals surface area contributed by atoms with Gasteiger partial charge in [-0.2, -0.15) is 0 Å². The Morgan fingerprint density at radius 3 is 2.78 bits per heavy atom. The average Bonchev–Trinajstić information content (AvgIpc) is 3.33. The molecule has 4 atom stereocenters. The van der Waals surface area contributed by atoms with Crippen LogP contribution in [0.3, 0.4) is 0 Å². The van der Waals surface area contributed by atoms with Gasteiger partial charge in [0.05, 0.1) is 6.10 Å². The fourth-order valence-electron chi connectivity index (χ4n) is 4.26. The Labute approximate surface area is 211 Å². The van der Waals surface area contributed by atoms with Crippen molar-refractivity contribution in [1.29, 1.82) is 0 Å². The van der Waals surface area contributed by atoms with E-state index in [0.717, 1.165) is 62.4 Å². The molecule has 1 saturated heterocycles. The number of amides is 1. The number of ether oxygens (including phenoxy) is 1. The first-order chi connectivity index (χ1) is 15.1. The summed E-state index contributed by atoms with van der Waals surface area (Å²) in [5.41, 5.74) is 1.67. The monoisotopic (exact) mass is 576 g/mol. The second-order valence-electron chi connectivity index (χ2n) is 8.27. The van der Waals surface area contributed by atoms with Crippen LogP contribution in [0.5, 0.6) is 0 Å². The molecule has 0 spiro atoms. The smallest absolute Gasteiger partial charge is 0.251 e. The predicted octanol–water partition coefficient (Wildman–Crippen LogP) is 2.96. The van der Waals surface area contributed by atoms with E-state index in [1.165, 1.54) is 0 Å². The zero-order valence-electron chi connectivity index (χ0n) is 19.1. The van der Waals surface area contributed by atoms with Crippen molar-refractivity contribution in [3.63, 3.8) is 0 Å². The Bertz CT molecular complexity index is 786. The maximum absolute atomic E-state index is 12.5. The predicted molar refractivity (Wildman–Crippen MR) is 141 cm³/mol. The Morgan fingerprint density at radius 1 is 1.22 bits per heavy atom. The highest BCUT2D eigenvalue weighted by Crippen LogP contribution is 2.23. The van der Waals surface area contributed by atoms with Crippen molar-refractivity contribution in [3.05, 3.63) is 35.4 Å². The van der Waals surface area contributed by atoms with Crippen molar-refractivity contribution in [2.24, 2.45) is 4.99 Å². The summed E-state index contributed by atoms with van der Waals surface area (Å²) in [4.78, 5) is 16.8. The van der Waals surface area contributed by atoms with Crippen LogP contribution in [0.2, 0.25) is 0 Å². The minimum absolute atomic E-state index is 0. The summed E-state index contributed by atoms with van der Waals surface area (Å²) < 4.78 is 17.8. The van der Waals surface area contributed by atoms with E-state index in [1.807, 2.05) is 31.2 Å². The highest BCUT2D eigenvalue weighted by molar-refractivity contribution is 14.0. The summed E-state index contributed by atoms with van der Waals surface area (Å²) in [6.45, 7) is 3.91. The summed E-state index contributed by atoms with van der Waals surface area (Å²) in [6.07, 6.45) is 6.33. The summed E-state index contributed by atoms with van der Waals surface area (Å²) >= 11 is 0. The minimum atomic E-state index is -0.741. The Balaban J connectivity index is 0.00000363. The van der Waals surface area contributed by atoms with Gasteiger partial charge in [-0.15, -0.1) is 24.0 Å². The third-order valence-corrected chi connectivity index (χ3v) is 7.75. The maximum atomic E-state index is 12.5. The molecule has 2 aliphatic rings. The zero-order chi connectivity index (χ0) is 22.1. The second-order valence-corrected chi connectivity index (χ2v) is 10.3. The summed E-state index contributed by atoms with van der Waals surface area (Å²) in [5.74, 6) is 1.39. The summed E-state index contributed by atoms with van der Waals surface area (Å²) in [5, 5.41) is 10.1. The molecule has 3 rings (SSSR count). The molecule has 180 valence electrons. The number of halogens is 1. The lowest BCUT2D eigenvalue weighted by Gasteiger charge is -2.30. The molecule has 1 aliphatic heterocycles. The lowest BCUT2D eigenvalue weighted by Crippen LogP contribution is -2.46. The standard InChI is InChI=1S/C23H36N4O3S.HI/c1-3-31(29)21-11-5-9-19(14-21)27-23(24-2)26-15-17-7-4-8-18(13-17)22(28)25-16-20-10-6-12-30-20;/h4,7-8,13,19-21H,3,5-6,9-12,14-16H2,1-2H3,(H,25,28)(H2,24,26,27);1H. The van der Waals surface area contributed by atoms with Gasteiger partial charge in [-0.3, -0.25) is 14.0 Å². The highest BCUT2D eigenvalue weighted by Gasteiger charge is 2.26. The van der Waals surface area contributed by atoms with Crippen LogP contribution in [0, 0.1) is 0 Å². The van der Waals surface area contributed by atoms with Crippen LogP contribution in [-0.2, 0) is 22.1 Å². The van der Waals surface area contributed by atoms with Crippen molar-refractivity contribution >= 4 is 46.6 Å². The van der Waals surface area contributed by atoms with Gasteiger partial charge in [0.1, 0.15) is 0 Å². The van der Waals surface area contributed by atoms with E-state index in [9.17, 15) is 9.00 Å². The van der Waals surface area contributed by atoms with Crippen LogP contribution >= 0.6 is 24.0 Å². The molecule has 1 aromatic rings. The van der Waals surface area contributed by atoms with E-state index < -0.39 is 10.8 Å². The van der Waals surface area contributed by atoms with Crippen LogP contribution in [0.4, 0.5) is 0 Å². The van der Waals surface area contributed by atoms with Crippen LogP contribution < -0.4 is 16.0 Å². The largest absolute Gasteiger partial charge is 0.376 e. The molecule has 3 N–H and O–H groups in total. The van der Waals surface area contributed by atoms with Crippen LogP contribution in [0.15, 0.2) is 29.3 Å². The number of hydrogen-bond donors (Lipinski definition) is 3. The molecule has 1 aromatic carbocycles. The molecule has 1 amide bonds. The molecule has 0 bridgehead atoms. The second kappa shape index (κ2) is 14.1. The van der Waals surface area contributed by atoms with Gasteiger partial charge in [0.15, 0.2) is 5.96 Å². The molecule has 1 heterocycles. The third-order valence-electron chi connectivity index (χ3n) is 6.01. The van der Waals surface area contributed by atoms with Crippen LogP contribution in [0.25, 0.3) is 0 Å². The molecule has 0 aromatic heterocycles. The topological polar surface area (TPSA) is 91.8 Å². The molecule has 0 radical (unpaired) electrons. The van der Waals surface area contributed by atoms with E-state index in [0.29, 0.717) is 18.7 Å². The maximum Gasteiger partial charge on any atom is 0.251 e. The molecule has 32 heavy (non-hydrogen) atoms. The SMILES string of the molecule is CCS(=O)C1CCCC(NC(=NC)NCc2cccc(C(=O)NCC3CCCO3)c2)C1.I.